The lowest BCUT2D eigenvalue weighted by atomic mass is 10.1. The monoisotopic (exact) mass is 271 g/mol. The Morgan fingerprint density at radius 2 is 2.00 bits per heavy atom. The maximum absolute atomic E-state index is 6.19. The second-order valence-corrected chi connectivity index (χ2v) is 6.83. The lowest BCUT2D eigenvalue weighted by Crippen LogP contribution is -2.42. The Bertz CT molecular complexity index is 231. The van der Waals surface area contributed by atoms with E-state index in [0.717, 1.165) is 19.0 Å². The van der Waals surface area contributed by atoms with E-state index >= 15 is 0 Å². The average molecular weight is 271 g/mol. The summed E-state index contributed by atoms with van der Waals surface area (Å²) >= 11 is 1.90. The first-order valence-corrected chi connectivity index (χ1v) is 8.90. The van der Waals surface area contributed by atoms with Crippen molar-refractivity contribution in [3.63, 3.8) is 0 Å². The predicted molar refractivity (Wildman–Crippen MR) is 81.2 cm³/mol. The standard InChI is InChI=1S/C14H29N3S/c1-18-10-6-13(15)11-16-9-5-14(12-16)17-7-3-2-4-8-17/h13-14H,2-12,15H2,1H3/t13-,14?/m0/s1. The number of hydrogen-bond donors (Lipinski definition) is 1. The molecule has 2 heterocycles. The zero-order valence-electron chi connectivity index (χ0n) is 11.8. The summed E-state index contributed by atoms with van der Waals surface area (Å²) < 4.78 is 0. The first-order valence-electron chi connectivity index (χ1n) is 7.50. The zero-order valence-corrected chi connectivity index (χ0v) is 12.6. The van der Waals surface area contributed by atoms with Crippen molar-refractivity contribution < 1.29 is 0 Å². The molecule has 2 aliphatic rings. The third kappa shape index (κ3) is 4.41. The van der Waals surface area contributed by atoms with Crippen LogP contribution < -0.4 is 5.73 Å². The van der Waals surface area contributed by atoms with E-state index in [2.05, 4.69) is 16.1 Å². The smallest absolute Gasteiger partial charge is 0.0235 e. The third-order valence-corrected chi connectivity index (χ3v) is 4.98. The predicted octanol–water partition coefficient (Wildman–Crippen LogP) is 1.63. The number of hydrogen-bond acceptors (Lipinski definition) is 4. The first-order chi connectivity index (χ1) is 8.79. The molecule has 0 aromatic heterocycles. The van der Waals surface area contributed by atoms with Crippen LogP contribution in [-0.4, -0.2) is 66.6 Å². The molecule has 18 heavy (non-hydrogen) atoms. The number of piperidine rings is 1. The Balaban J connectivity index is 1.67. The van der Waals surface area contributed by atoms with Crippen molar-refractivity contribution in [2.24, 2.45) is 5.73 Å². The Morgan fingerprint density at radius 1 is 1.22 bits per heavy atom. The minimum Gasteiger partial charge on any atom is -0.327 e. The number of likely N-dealkylation sites (tertiary alicyclic amines) is 2. The van der Waals surface area contributed by atoms with Crippen molar-refractivity contribution in [3.8, 4) is 0 Å². The van der Waals surface area contributed by atoms with E-state index in [-0.39, 0.29) is 0 Å². The summed E-state index contributed by atoms with van der Waals surface area (Å²) in [5, 5.41) is 0. The summed E-state index contributed by atoms with van der Waals surface area (Å²) in [5.41, 5.74) is 6.19. The maximum atomic E-state index is 6.19. The normalized spacial score (nSPS) is 28.7. The third-order valence-electron chi connectivity index (χ3n) is 4.34. The highest BCUT2D eigenvalue weighted by molar-refractivity contribution is 7.98. The van der Waals surface area contributed by atoms with Gasteiger partial charge in [-0.2, -0.15) is 11.8 Å². The molecule has 0 aromatic carbocycles. The number of nitrogens with zero attached hydrogens (tertiary/aromatic N) is 2. The van der Waals surface area contributed by atoms with E-state index in [0.29, 0.717) is 6.04 Å². The molecule has 2 atom stereocenters. The van der Waals surface area contributed by atoms with Crippen LogP contribution in [0, 0.1) is 0 Å². The molecule has 0 aliphatic carbocycles. The van der Waals surface area contributed by atoms with Crippen molar-refractivity contribution in [2.75, 3.05) is 44.7 Å². The van der Waals surface area contributed by atoms with Gasteiger partial charge in [0.15, 0.2) is 0 Å². The van der Waals surface area contributed by atoms with Crippen LogP contribution in [0.1, 0.15) is 32.1 Å². The van der Waals surface area contributed by atoms with E-state index in [1.165, 1.54) is 57.6 Å². The van der Waals surface area contributed by atoms with Gasteiger partial charge in [0.25, 0.3) is 0 Å². The Morgan fingerprint density at radius 3 is 2.72 bits per heavy atom. The molecule has 2 N–H and O–H groups in total. The van der Waals surface area contributed by atoms with Crippen molar-refractivity contribution in [3.05, 3.63) is 0 Å². The van der Waals surface area contributed by atoms with Crippen LogP contribution in [0.2, 0.25) is 0 Å². The second-order valence-electron chi connectivity index (χ2n) is 5.84. The van der Waals surface area contributed by atoms with Crippen molar-refractivity contribution in [2.45, 2.75) is 44.2 Å². The van der Waals surface area contributed by atoms with Gasteiger partial charge in [-0.25, -0.2) is 0 Å². The molecular weight excluding hydrogens is 242 g/mol. The zero-order chi connectivity index (χ0) is 12.8. The largest absolute Gasteiger partial charge is 0.327 e. The molecule has 0 bridgehead atoms. The van der Waals surface area contributed by atoms with Gasteiger partial charge >= 0.3 is 0 Å². The van der Waals surface area contributed by atoms with Crippen LogP contribution in [0.3, 0.4) is 0 Å². The van der Waals surface area contributed by atoms with Crippen LogP contribution in [0.15, 0.2) is 0 Å². The molecule has 0 radical (unpaired) electrons. The lowest BCUT2D eigenvalue weighted by Gasteiger charge is -2.32. The minimum absolute atomic E-state index is 0.373. The molecule has 0 amide bonds. The van der Waals surface area contributed by atoms with Gasteiger partial charge in [0.1, 0.15) is 0 Å². The summed E-state index contributed by atoms with van der Waals surface area (Å²) in [6, 6.07) is 1.19. The van der Waals surface area contributed by atoms with Gasteiger partial charge in [0, 0.05) is 25.2 Å². The Hall–Kier alpha value is 0.230. The van der Waals surface area contributed by atoms with Crippen molar-refractivity contribution in [1.29, 1.82) is 0 Å². The van der Waals surface area contributed by atoms with E-state index in [9.17, 15) is 0 Å². The Labute approximate surface area is 116 Å². The fraction of sp³-hybridized carbons (Fsp3) is 1.00. The molecule has 4 heteroatoms. The summed E-state index contributed by atoms with van der Waals surface area (Å²) in [4.78, 5) is 5.31. The molecular formula is C14H29N3S. The molecule has 2 aliphatic heterocycles. The topological polar surface area (TPSA) is 32.5 Å². The molecule has 2 saturated heterocycles. The van der Waals surface area contributed by atoms with Gasteiger partial charge in [-0.3, -0.25) is 4.90 Å². The highest BCUT2D eigenvalue weighted by atomic mass is 32.2. The van der Waals surface area contributed by atoms with Crippen molar-refractivity contribution in [1.82, 2.24) is 9.80 Å². The fourth-order valence-electron chi connectivity index (χ4n) is 3.25. The SMILES string of the molecule is CSCC[C@H](N)CN1CCC(N2CCCCC2)C1. The minimum atomic E-state index is 0.373. The van der Waals surface area contributed by atoms with Gasteiger partial charge in [0.05, 0.1) is 0 Å². The molecule has 2 rings (SSSR count). The molecule has 1 unspecified atom stereocenters. The van der Waals surface area contributed by atoms with Gasteiger partial charge in [-0.05, 0) is 57.3 Å². The first kappa shape index (κ1) is 14.6. The highest BCUT2D eigenvalue weighted by Crippen LogP contribution is 2.20. The van der Waals surface area contributed by atoms with Crippen LogP contribution in [0.5, 0.6) is 0 Å². The highest BCUT2D eigenvalue weighted by Gasteiger charge is 2.28. The molecule has 0 spiro atoms. The number of nitrogens with two attached hydrogens (primary N) is 1. The van der Waals surface area contributed by atoms with Gasteiger partial charge < -0.3 is 10.6 Å². The Kier molecular flexibility index (Phi) is 6.29. The summed E-state index contributed by atoms with van der Waals surface area (Å²) in [5.74, 6) is 1.20. The van der Waals surface area contributed by atoms with Gasteiger partial charge in [0.2, 0.25) is 0 Å². The molecule has 2 fully saturated rings. The van der Waals surface area contributed by atoms with E-state index < -0.39 is 0 Å². The lowest BCUT2D eigenvalue weighted by molar-refractivity contribution is 0.161. The van der Waals surface area contributed by atoms with Crippen molar-refractivity contribution >= 4 is 11.8 Å². The van der Waals surface area contributed by atoms with Crippen LogP contribution in [0.25, 0.3) is 0 Å². The van der Waals surface area contributed by atoms with E-state index in [4.69, 9.17) is 5.73 Å². The van der Waals surface area contributed by atoms with Crippen LogP contribution in [0.4, 0.5) is 0 Å². The number of thioether (sulfide) groups is 1. The van der Waals surface area contributed by atoms with E-state index in [1.54, 1.807) is 0 Å². The molecule has 106 valence electrons. The molecule has 0 saturated carbocycles. The summed E-state index contributed by atoms with van der Waals surface area (Å²) in [7, 11) is 0. The van der Waals surface area contributed by atoms with Gasteiger partial charge in [-0.1, -0.05) is 6.42 Å². The summed E-state index contributed by atoms with van der Waals surface area (Å²) in [6.45, 7) is 6.28. The number of rotatable bonds is 6. The molecule has 0 aromatic rings. The van der Waals surface area contributed by atoms with Gasteiger partial charge in [-0.15, -0.1) is 0 Å². The quantitative estimate of drug-likeness (QED) is 0.796. The molecule has 3 nitrogen and oxygen atoms in total. The average Bonchev–Trinajstić information content (AvgIpc) is 2.86. The summed E-state index contributed by atoms with van der Waals surface area (Å²) in [6.07, 6.45) is 8.93. The fourth-order valence-corrected chi connectivity index (χ4v) is 3.79. The van der Waals surface area contributed by atoms with E-state index in [1.807, 2.05) is 11.8 Å². The van der Waals surface area contributed by atoms with Crippen LogP contribution in [-0.2, 0) is 0 Å². The maximum Gasteiger partial charge on any atom is 0.0235 e. The second kappa shape index (κ2) is 7.73. The van der Waals surface area contributed by atoms with Crippen LogP contribution >= 0.6 is 11.8 Å².